The first kappa shape index (κ1) is 18.1. The van der Waals surface area contributed by atoms with Gasteiger partial charge in [-0.3, -0.25) is 0 Å². The molecule has 0 aromatic heterocycles. The number of carbonyl (C=O) groups is 1. The molecule has 2 N–H and O–H groups in total. The summed E-state index contributed by atoms with van der Waals surface area (Å²) in [6.07, 6.45) is 1.84. The highest BCUT2D eigenvalue weighted by Gasteiger charge is 2.16. The van der Waals surface area contributed by atoms with Crippen molar-refractivity contribution in [1.82, 2.24) is 10.6 Å². The zero-order valence-electron chi connectivity index (χ0n) is 15.3. The van der Waals surface area contributed by atoms with Crippen LogP contribution in [0.15, 0.2) is 48.5 Å². The molecule has 2 aromatic carbocycles. The summed E-state index contributed by atoms with van der Waals surface area (Å²) in [6, 6.07) is 15.9. The average molecular weight is 354 g/mol. The lowest BCUT2D eigenvalue weighted by Gasteiger charge is -2.22. The minimum Gasteiger partial charge on any atom is -0.486 e. The number of urea groups is 1. The minimum absolute atomic E-state index is 0.0997. The van der Waals surface area contributed by atoms with Crippen LogP contribution in [0.25, 0.3) is 0 Å². The minimum atomic E-state index is -0.159. The summed E-state index contributed by atoms with van der Waals surface area (Å²) in [7, 11) is 0. The van der Waals surface area contributed by atoms with E-state index in [1.54, 1.807) is 0 Å². The molecule has 0 unspecified atom stereocenters. The lowest BCUT2D eigenvalue weighted by Crippen LogP contribution is -2.41. The molecule has 2 amide bonds. The Morgan fingerprint density at radius 2 is 1.73 bits per heavy atom. The van der Waals surface area contributed by atoms with Gasteiger partial charge < -0.3 is 20.1 Å². The highest BCUT2D eigenvalue weighted by molar-refractivity contribution is 5.74. The van der Waals surface area contributed by atoms with Gasteiger partial charge in [-0.05, 0) is 49.9 Å². The van der Waals surface area contributed by atoms with Crippen molar-refractivity contribution in [3.63, 3.8) is 0 Å². The predicted octanol–water partition coefficient (Wildman–Crippen LogP) is 3.84. The molecule has 2 aromatic rings. The standard InChI is InChI=1S/C21H26N2O3/c1-15(8-9-17-6-4-3-5-7-17)22-21(24)23-16(2)18-10-11-19-20(14-18)26-13-12-25-19/h3-7,10-11,14-16H,8-9,12-13H2,1-2H3,(H2,22,23,24)/t15-,16+/m0/s1. The maximum Gasteiger partial charge on any atom is 0.315 e. The molecule has 0 spiro atoms. The van der Waals surface area contributed by atoms with E-state index in [2.05, 4.69) is 22.8 Å². The van der Waals surface area contributed by atoms with Gasteiger partial charge in [0.25, 0.3) is 0 Å². The predicted molar refractivity (Wildman–Crippen MR) is 102 cm³/mol. The van der Waals surface area contributed by atoms with Crippen molar-refractivity contribution in [2.45, 2.75) is 38.8 Å². The van der Waals surface area contributed by atoms with Gasteiger partial charge in [-0.1, -0.05) is 36.4 Å². The van der Waals surface area contributed by atoms with Gasteiger partial charge in [0.2, 0.25) is 0 Å². The number of carbonyl (C=O) groups excluding carboxylic acids is 1. The molecule has 1 aliphatic rings. The van der Waals surface area contributed by atoms with Crippen molar-refractivity contribution in [3.05, 3.63) is 59.7 Å². The molecular weight excluding hydrogens is 328 g/mol. The first-order chi connectivity index (χ1) is 12.6. The first-order valence-corrected chi connectivity index (χ1v) is 9.12. The van der Waals surface area contributed by atoms with Crippen molar-refractivity contribution in [1.29, 1.82) is 0 Å². The zero-order valence-corrected chi connectivity index (χ0v) is 15.3. The molecule has 0 saturated heterocycles. The van der Waals surface area contributed by atoms with E-state index < -0.39 is 0 Å². The smallest absolute Gasteiger partial charge is 0.315 e. The average Bonchev–Trinajstić information content (AvgIpc) is 2.66. The summed E-state index contributed by atoms with van der Waals surface area (Å²) in [5.74, 6) is 1.49. The van der Waals surface area contributed by atoms with Crippen LogP contribution in [0.1, 0.15) is 37.4 Å². The van der Waals surface area contributed by atoms with Gasteiger partial charge in [0, 0.05) is 6.04 Å². The number of hydrogen-bond donors (Lipinski definition) is 2. The fraction of sp³-hybridized carbons (Fsp3) is 0.381. The molecular formula is C21H26N2O3. The summed E-state index contributed by atoms with van der Waals surface area (Å²) in [5.41, 5.74) is 2.27. The Bertz CT molecular complexity index is 733. The molecule has 0 bridgehead atoms. The highest BCUT2D eigenvalue weighted by Crippen LogP contribution is 2.32. The lowest BCUT2D eigenvalue weighted by atomic mass is 10.1. The second-order valence-electron chi connectivity index (χ2n) is 6.67. The molecule has 0 radical (unpaired) electrons. The highest BCUT2D eigenvalue weighted by atomic mass is 16.6. The Morgan fingerprint density at radius 3 is 2.50 bits per heavy atom. The molecule has 2 atom stereocenters. The van der Waals surface area contributed by atoms with Crippen molar-refractivity contribution in [3.8, 4) is 11.5 Å². The molecule has 0 saturated carbocycles. The number of amides is 2. The largest absolute Gasteiger partial charge is 0.486 e. The summed E-state index contributed by atoms with van der Waals surface area (Å²) >= 11 is 0. The van der Waals surface area contributed by atoms with E-state index in [4.69, 9.17) is 9.47 Å². The van der Waals surface area contributed by atoms with Gasteiger partial charge in [-0.25, -0.2) is 4.79 Å². The molecule has 1 heterocycles. The van der Waals surface area contributed by atoms with Crippen molar-refractivity contribution < 1.29 is 14.3 Å². The number of benzene rings is 2. The number of ether oxygens (including phenoxy) is 2. The molecule has 5 nitrogen and oxygen atoms in total. The van der Waals surface area contributed by atoms with Gasteiger partial charge in [-0.2, -0.15) is 0 Å². The van der Waals surface area contributed by atoms with Crippen LogP contribution in [-0.2, 0) is 6.42 Å². The fourth-order valence-electron chi connectivity index (χ4n) is 2.97. The first-order valence-electron chi connectivity index (χ1n) is 9.12. The topological polar surface area (TPSA) is 59.6 Å². The third-order valence-corrected chi connectivity index (χ3v) is 4.50. The Balaban J connectivity index is 1.48. The number of rotatable bonds is 6. The van der Waals surface area contributed by atoms with E-state index in [1.807, 2.05) is 50.2 Å². The van der Waals surface area contributed by atoms with Crippen LogP contribution in [0, 0.1) is 0 Å². The molecule has 138 valence electrons. The van der Waals surface area contributed by atoms with Crippen LogP contribution < -0.4 is 20.1 Å². The van der Waals surface area contributed by atoms with Gasteiger partial charge in [0.05, 0.1) is 6.04 Å². The third-order valence-electron chi connectivity index (χ3n) is 4.50. The Morgan fingerprint density at radius 1 is 1.00 bits per heavy atom. The quantitative estimate of drug-likeness (QED) is 0.829. The number of nitrogens with one attached hydrogen (secondary N) is 2. The van der Waals surface area contributed by atoms with E-state index >= 15 is 0 Å². The summed E-state index contributed by atoms with van der Waals surface area (Å²) in [5, 5.41) is 5.99. The second kappa shape index (κ2) is 8.61. The second-order valence-corrected chi connectivity index (χ2v) is 6.67. The number of fused-ring (bicyclic) bond motifs is 1. The maximum atomic E-state index is 12.3. The van der Waals surface area contributed by atoms with Crippen molar-refractivity contribution >= 4 is 6.03 Å². The van der Waals surface area contributed by atoms with E-state index in [9.17, 15) is 4.79 Å². The van der Waals surface area contributed by atoms with Crippen LogP contribution in [0.5, 0.6) is 11.5 Å². The van der Waals surface area contributed by atoms with Gasteiger partial charge >= 0.3 is 6.03 Å². The van der Waals surface area contributed by atoms with Gasteiger partial charge in [0.15, 0.2) is 11.5 Å². The Labute approximate surface area is 154 Å². The normalized spacial score (nSPS) is 15.0. The van der Waals surface area contributed by atoms with Crippen LogP contribution in [-0.4, -0.2) is 25.3 Å². The third kappa shape index (κ3) is 4.91. The fourth-order valence-corrected chi connectivity index (χ4v) is 2.97. The monoisotopic (exact) mass is 354 g/mol. The molecule has 1 aliphatic heterocycles. The zero-order chi connectivity index (χ0) is 18.4. The van der Waals surface area contributed by atoms with Gasteiger partial charge in [0.1, 0.15) is 13.2 Å². The van der Waals surface area contributed by atoms with E-state index in [0.717, 1.165) is 29.9 Å². The summed E-state index contributed by atoms with van der Waals surface area (Å²) in [4.78, 5) is 12.3. The van der Waals surface area contributed by atoms with E-state index in [-0.39, 0.29) is 18.1 Å². The van der Waals surface area contributed by atoms with Crippen molar-refractivity contribution in [2.75, 3.05) is 13.2 Å². The summed E-state index contributed by atoms with van der Waals surface area (Å²) < 4.78 is 11.1. The molecule has 3 rings (SSSR count). The number of aryl methyl sites for hydroxylation is 1. The molecule has 5 heteroatoms. The van der Waals surface area contributed by atoms with Crippen LogP contribution in [0.4, 0.5) is 4.79 Å². The Kier molecular flexibility index (Phi) is 6.00. The SMILES string of the molecule is C[C@@H](CCc1ccccc1)NC(=O)N[C@H](C)c1ccc2c(c1)OCCO2. The molecule has 26 heavy (non-hydrogen) atoms. The van der Waals surface area contributed by atoms with Gasteiger partial charge in [-0.15, -0.1) is 0 Å². The summed E-state index contributed by atoms with van der Waals surface area (Å²) in [6.45, 7) is 5.11. The molecule has 0 aliphatic carbocycles. The number of hydrogen-bond acceptors (Lipinski definition) is 3. The lowest BCUT2D eigenvalue weighted by molar-refractivity contribution is 0.171. The van der Waals surface area contributed by atoms with Crippen LogP contribution in [0.3, 0.4) is 0 Å². The van der Waals surface area contributed by atoms with Crippen LogP contribution in [0.2, 0.25) is 0 Å². The van der Waals surface area contributed by atoms with Crippen molar-refractivity contribution in [2.24, 2.45) is 0 Å². The maximum absolute atomic E-state index is 12.3. The van der Waals surface area contributed by atoms with Crippen LogP contribution >= 0.6 is 0 Å². The van der Waals surface area contributed by atoms with E-state index in [0.29, 0.717) is 13.2 Å². The van der Waals surface area contributed by atoms with E-state index in [1.165, 1.54) is 5.56 Å². The Hall–Kier alpha value is -2.69. The molecule has 0 fully saturated rings.